The fourth-order valence-corrected chi connectivity index (χ4v) is 2.31. The topological polar surface area (TPSA) is 46.3 Å². The minimum atomic E-state index is -0.523. The number of nitrogens with zero attached hydrogens (tertiary/aromatic N) is 1. The van der Waals surface area contributed by atoms with E-state index >= 15 is 0 Å². The largest absolute Gasteiger partial charge is 0.340 e. The highest BCUT2D eigenvalue weighted by Gasteiger charge is 2.18. The molecule has 1 atom stereocenters. The van der Waals surface area contributed by atoms with Crippen LogP contribution in [0.15, 0.2) is 54.6 Å². The number of nitrogens with two attached hydrogens (primary N) is 1. The molecule has 0 aromatic heterocycles. The molecule has 0 aliphatic rings. The van der Waals surface area contributed by atoms with E-state index in [0.717, 1.165) is 11.1 Å². The smallest absolute Gasteiger partial charge is 0.239 e. The average molecular weight is 339 g/mol. The van der Waals surface area contributed by atoms with Crippen molar-refractivity contribution in [3.63, 3.8) is 0 Å². The minimum absolute atomic E-state index is 0. The predicted molar refractivity (Wildman–Crippen MR) is 93.3 cm³/mol. The first-order valence-corrected chi connectivity index (χ1v) is 7.23. The van der Waals surface area contributed by atoms with Gasteiger partial charge in [-0.1, -0.05) is 54.1 Å². The van der Waals surface area contributed by atoms with E-state index in [9.17, 15) is 4.79 Å². The molecule has 2 rings (SSSR count). The van der Waals surface area contributed by atoms with Crippen LogP contribution >= 0.6 is 24.0 Å². The highest BCUT2D eigenvalue weighted by atomic mass is 35.5. The molecule has 0 fully saturated rings. The molecule has 0 heterocycles. The van der Waals surface area contributed by atoms with Gasteiger partial charge in [-0.2, -0.15) is 0 Å². The molecule has 0 spiro atoms. The lowest BCUT2D eigenvalue weighted by Gasteiger charge is -2.21. The second kappa shape index (κ2) is 8.79. The van der Waals surface area contributed by atoms with Gasteiger partial charge in [0.25, 0.3) is 0 Å². The zero-order valence-electron chi connectivity index (χ0n) is 12.4. The third-order valence-corrected chi connectivity index (χ3v) is 3.58. The van der Waals surface area contributed by atoms with Crippen molar-refractivity contribution in [1.29, 1.82) is 0 Å². The number of benzene rings is 2. The van der Waals surface area contributed by atoms with Gasteiger partial charge >= 0.3 is 0 Å². The molecule has 0 unspecified atom stereocenters. The Kier molecular flexibility index (Phi) is 7.39. The van der Waals surface area contributed by atoms with Crippen molar-refractivity contribution in [2.45, 2.75) is 19.0 Å². The van der Waals surface area contributed by atoms with Crippen LogP contribution in [0.2, 0.25) is 5.02 Å². The molecular formula is C17H20Cl2N2O. The molecule has 5 heteroatoms. The number of carbonyl (C=O) groups excluding carboxylic acids is 1. The molecule has 3 nitrogen and oxygen atoms in total. The van der Waals surface area contributed by atoms with Crippen LogP contribution < -0.4 is 5.73 Å². The van der Waals surface area contributed by atoms with Crippen molar-refractivity contribution in [2.24, 2.45) is 5.73 Å². The lowest BCUT2D eigenvalue weighted by molar-refractivity contribution is -0.131. The number of hydrogen-bond donors (Lipinski definition) is 1. The molecule has 0 aliphatic heterocycles. The van der Waals surface area contributed by atoms with Crippen molar-refractivity contribution < 1.29 is 4.79 Å². The summed E-state index contributed by atoms with van der Waals surface area (Å²) in [5, 5.41) is 0.688. The van der Waals surface area contributed by atoms with Gasteiger partial charge in [0, 0.05) is 18.6 Å². The molecule has 1 amide bonds. The lowest BCUT2D eigenvalue weighted by atomic mass is 10.1. The Labute approximate surface area is 142 Å². The van der Waals surface area contributed by atoms with Gasteiger partial charge in [0.2, 0.25) is 5.91 Å². The zero-order chi connectivity index (χ0) is 15.2. The minimum Gasteiger partial charge on any atom is -0.340 e. The fourth-order valence-electron chi connectivity index (χ4n) is 2.18. The molecular weight excluding hydrogens is 319 g/mol. The van der Waals surface area contributed by atoms with Crippen molar-refractivity contribution in [2.75, 3.05) is 7.05 Å². The summed E-state index contributed by atoms with van der Waals surface area (Å²) in [7, 11) is 1.77. The van der Waals surface area contributed by atoms with E-state index in [4.69, 9.17) is 17.3 Å². The molecule has 22 heavy (non-hydrogen) atoms. The van der Waals surface area contributed by atoms with E-state index < -0.39 is 6.04 Å². The molecule has 0 radical (unpaired) electrons. The van der Waals surface area contributed by atoms with Gasteiger partial charge in [-0.15, -0.1) is 12.4 Å². The van der Waals surface area contributed by atoms with Crippen LogP contribution in [0.25, 0.3) is 0 Å². The first-order chi connectivity index (χ1) is 10.1. The summed E-state index contributed by atoms with van der Waals surface area (Å²) in [6.45, 7) is 0.526. The van der Waals surface area contributed by atoms with Crippen molar-refractivity contribution in [3.05, 3.63) is 70.7 Å². The van der Waals surface area contributed by atoms with Crippen LogP contribution in [0.3, 0.4) is 0 Å². The van der Waals surface area contributed by atoms with E-state index in [1.54, 1.807) is 11.9 Å². The Morgan fingerprint density at radius 2 is 1.68 bits per heavy atom. The summed E-state index contributed by atoms with van der Waals surface area (Å²) in [5.41, 5.74) is 8.11. The van der Waals surface area contributed by atoms with Gasteiger partial charge in [-0.25, -0.2) is 0 Å². The molecule has 118 valence electrons. The monoisotopic (exact) mass is 338 g/mol. The summed E-state index contributed by atoms with van der Waals surface area (Å²) in [6, 6.07) is 16.7. The third kappa shape index (κ3) is 5.34. The maximum absolute atomic E-state index is 12.3. The van der Waals surface area contributed by atoms with Gasteiger partial charge in [0.05, 0.1) is 6.04 Å². The molecule has 0 bridgehead atoms. The SMILES string of the molecule is CN(Cc1ccc(Cl)cc1)C(=O)[C@@H](N)Cc1ccccc1.Cl. The maximum atomic E-state index is 12.3. The Morgan fingerprint density at radius 3 is 2.27 bits per heavy atom. The molecule has 0 saturated carbocycles. The van der Waals surface area contributed by atoms with Crippen LogP contribution in [0.1, 0.15) is 11.1 Å². The Balaban J connectivity index is 0.00000242. The molecule has 0 aliphatic carbocycles. The Morgan fingerprint density at radius 1 is 1.09 bits per heavy atom. The first-order valence-electron chi connectivity index (χ1n) is 6.85. The molecule has 0 saturated heterocycles. The fraction of sp³-hybridized carbons (Fsp3) is 0.235. The Bertz CT molecular complexity index is 587. The van der Waals surface area contributed by atoms with E-state index in [2.05, 4.69) is 0 Å². The Hall–Kier alpha value is -1.55. The highest BCUT2D eigenvalue weighted by molar-refractivity contribution is 6.30. The zero-order valence-corrected chi connectivity index (χ0v) is 14.0. The summed E-state index contributed by atoms with van der Waals surface area (Å²) in [5.74, 6) is -0.0613. The summed E-state index contributed by atoms with van der Waals surface area (Å²) < 4.78 is 0. The standard InChI is InChI=1S/C17H19ClN2O.ClH/c1-20(12-14-7-9-15(18)10-8-14)17(21)16(19)11-13-5-3-2-4-6-13;/h2-10,16H,11-12,19H2,1H3;1H/t16-;/m0./s1. The van der Waals surface area contributed by atoms with E-state index in [1.807, 2.05) is 54.6 Å². The van der Waals surface area contributed by atoms with Crippen molar-refractivity contribution >= 4 is 29.9 Å². The van der Waals surface area contributed by atoms with Gasteiger partial charge in [-0.05, 0) is 29.7 Å². The second-order valence-electron chi connectivity index (χ2n) is 5.12. The van der Waals surface area contributed by atoms with Gasteiger partial charge < -0.3 is 10.6 Å². The van der Waals surface area contributed by atoms with Crippen LogP contribution in [-0.2, 0) is 17.8 Å². The number of halogens is 2. The number of amides is 1. The number of carbonyl (C=O) groups is 1. The summed E-state index contributed by atoms with van der Waals surface area (Å²) in [6.07, 6.45) is 0.546. The highest BCUT2D eigenvalue weighted by Crippen LogP contribution is 2.12. The van der Waals surface area contributed by atoms with E-state index in [1.165, 1.54) is 0 Å². The predicted octanol–water partition coefficient (Wildman–Crippen LogP) is 3.29. The third-order valence-electron chi connectivity index (χ3n) is 3.32. The van der Waals surface area contributed by atoms with Gasteiger partial charge in [0.15, 0.2) is 0 Å². The quantitative estimate of drug-likeness (QED) is 0.909. The molecule has 2 aromatic carbocycles. The number of hydrogen-bond acceptors (Lipinski definition) is 2. The molecule has 2 N–H and O–H groups in total. The normalized spacial score (nSPS) is 11.4. The van der Waals surface area contributed by atoms with E-state index in [-0.39, 0.29) is 18.3 Å². The van der Waals surface area contributed by atoms with Crippen molar-refractivity contribution in [3.8, 4) is 0 Å². The van der Waals surface area contributed by atoms with Gasteiger partial charge in [0.1, 0.15) is 0 Å². The van der Waals surface area contributed by atoms with Crippen LogP contribution in [0.5, 0.6) is 0 Å². The number of likely N-dealkylation sites (N-methyl/N-ethyl adjacent to an activating group) is 1. The van der Waals surface area contributed by atoms with E-state index in [0.29, 0.717) is 18.0 Å². The van der Waals surface area contributed by atoms with Gasteiger partial charge in [-0.3, -0.25) is 4.79 Å². The first kappa shape index (κ1) is 18.5. The summed E-state index contributed by atoms with van der Waals surface area (Å²) in [4.78, 5) is 13.9. The van der Waals surface area contributed by atoms with Crippen LogP contribution in [0.4, 0.5) is 0 Å². The van der Waals surface area contributed by atoms with Crippen LogP contribution in [0, 0.1) is 0 Å². The van der Waals surface area contributed by atoms with Crippen molar-refractivity contribution in [1.82, 2.24) is 4.90 Å². The van der Waals surface area contributed by atoms with Crippen LogP contribution in [-0.4, -0.2) is 23.9 Å². The molecule has 2 aromatic rings. The average Bonchev–Trinajstić information content (AvgIpc) is 2.49. The number of rotatable bonds is 5. The summed E-state index contributed by atoms with van der Waals surface area (Å²) >= 11 is 5.85. The second-order valence-corrected chi connectivity index (χ2v) is 5.55. The lowest BCUT2D eigenvalue weighted by Crippen LogP contribution is -2.42. The maximum Gasteiger partial charge on any atom is 0.239 e.